The van der Waals surface area contributed by atoms with Crippen molar-refractivity contribution >= 4 is 27.2 Å². The van der Waals surface area contributed by atoms with Crippen LogP contribution in [-0.2, 0) is 16.3 Å². The predicted molar refractivity (Wildman–Crippen MR) is 113 cm³/mol. The molecule has 2 N–H and O–H groups in total. The molecule has 4 atom stereocenters. The maximum Gasteiger partial charge on any atom is 0.221 e. The number of hydrogen-bond acceptors (Lipinski definition) is 1. The molecule has 26 heavy (non-hydrogen) atoms. The normalized spacial score (nSPS) is 40.6. The number of carbonyl (C=O) groups is 1. The molecule has 1 aliphatic heterocycles. The average Bonchev–Trinajstić information content (AvgIpc) is 3.23. The van der Waals surface area contributed by atoms with Gasteiger partial charge in [-0.2, -0.15) is 0 Å². The van der Waals surface area contributed by atoms with Gasteiger partial charge in [-0.05, 0) is 61.1 Å². The second kappa shape index (κ2) is 4.64. The number of nitrogens with two attached hydrogens (primary N) is 1. The van der Waals surface area contributed by atoms with Crippen LogP contribution in [0.4, 0.5) is 0 Å². The standard InChI is InChI=1S/C22H31NOSi2/c1-14-11-15-7-6-8-19(18(15)12-14)21-16-9-10-17(13-16)22(21,20(23)24)26(4,5)25(21,2)3/h6-8,12,16-17H,9-11,13H2,1-5H3,(H2,23,24). The molecular formula is C22H31NOSi2. The Morgan fingerprint density at radius 3 is 2.50 bits per heavy atom. The van der Waals surface area contributed by atoms with Gasteiger partial charge < -0.3 is 5.73 Å². The van der Waals surface area contributed by atoms with Crippen molar-refractivity contribution in [3.63, 3.8) is 0 Å². The van der Waals surface area contributed by atoms with Crippen LogP contribution in [0, 0.1) is 11.8 Å². The SMILES string of the molecule is CC1=Cc2c(cccc2C23C4CCC(C4)C2(C(N)=O)[Si](C)(C)[Si]3(C)C)C1. The van der Waals surface area contributed by atoms with Crippen LogP contribution in [0.3, 0.4) is 0 Å². The fourth-order valence-electron chi connectivity index (χ4n) is 8.69. The molecule has 0 aromatic heterocycles. The summed E-state index contributed by atoms with van der Waals surface area (Å²) in [4.78, 5) is 13.3. The van der Waals surface area contributed by atoms with E-state index in [2.05, 4.69) is 57.4 Å². The lowest BCUT2D eigenvalue weighted by Crippen LogP contribution is -2.92. The zero-order valence-corrected chi connectivity index (χ0v) is 18.8. The van der Waals surface area contributed by atoms with E-state index in [1.807, 2.05) is 0 Å². The fraction of sp³-hybridized carbons (Fsp3) is 0.591. The molecule has 4 unspecified atom stereocenters. The Hall–Kier alpha value is -1.14. The summed E-state index contributed by atoms with van der Waals surface area (Å²) in [5.41, 5.74) is 12.2. The summed E-state index contributed by atoms with van der Waals surface area (Å²) in [5.74, 6) is 1.25. The van der Waals surface area contributed by atoms with Crippen LogP contribution in [0.5, 0.6) is 0 Å². The van der Waals surface area contributed by atoms with E-state index in [0.29, 0.717) is 11.8 Å². The van der Waals surface area contributed by atoms with Gasteiger partial charge in [-0.15, -0.1) is 0 Å². The lowest BCUT2D eigenvalue weighted by molar-refractivity contribution is -0.124. The Labute approximate surface area is 159 Å². The van der Waals surface area contributed by atoms with E-state index in [4.69, 9.17) is 5.73 Å². The maximum absolute atomic E-state index is 13.3. The van der Waals surface area contributed by atoms with Crippen molar-refractivity contribution in [3.8, 4) is 0 Å². The molecule has 4 heteroatoms. The molecule has 1 saturated heterocycles. The van der Waals surface area contributed by atoms with Crippen LogP contribution < -0.4 is 5.73 Å². The highest BCUT2D eigenvalue weighted by atomic mass is 29.3. The third kappa shape index (κ3) is 1.35. The summed E-state index contributed by atoms with van der Waals surface area (Å²) in [6, 6.07) is 6.92. The van der Waals surface area contributed by atoms with Crippen molar-refractivity contribution in [3.05, 3.63) is 40.5 Å². The van der Waals surface area contributed by atoms with Gasteiger partial charge in [0, 0.05) is 5.04 Å². The smallest absolute Gasteiger partial charge is 0.221 e. The Bertz CT molecular complexity index is 886. The van der Waals surface area contributed by atoms with Gasteiger partial charge in [-0.25, -0.2) is 0 Å². The van der Waals surface area contributed by atoms with Crippen LogP contribution in [0.15, 0.2) is 23.8 Å². The summed E-state index contributed by atoms with van der Waals surface area (Å²) < 4.78 is 0. The molecule has 0 radical (unpaired) electrons. The van der Waals surface area contributed by atoms with Crippen LogP contribution in [0.2, 0.25) is 31.2 Å². The summed E-state index contributed by atoms with van der Waals surface area (Å²) >= 11 is 0. The molecule has 5 rings (SSSR count). The number of allylic oxidation sites excluding steroid dienone is 1. The Kier molecular flexibility index (Phi) is 3.03. The summed E-state index contributed by atoms with van der Waals surface area (Å²) in [5, 5.41) is -0.130. The number of rotatable bonds is 2. The van der Waals surface area contributed by atoms with E-state index < -0.39 is 15.2 Å². The van der Waals surface area contributed by atoms with Crippen LogP contribution >= 0.6 is 0 Å². The highest BCUT2D eigenvalue weighted by molar-refractivity contribution is 7.48. The van der Waals surface area contributed by atoms with Crippen molar-refractivity contribution in [2.24, 2.45) is 17.6 Å². The van der Waals surface area contributed by atoms with Gasteiger partial charge >= 0.3 is 0 Å². The van der Waals surface area contributed by atoms with Gasteiger partial charge in [0.2, 0.25) is 5.91 Å². The van der Waals surface area contributed by atoms with E-state index >= 15 is 0 Å². The van der Waals surface area contributed by atoms with E-state index in [1.165, 1.54) is 41.5 Å². The van der Waals surface area contributed by atoms with Crippen LogP contribution in [-0.4, -0.2) is 21.1 Å². The lowest BCUT2D eigenvalue weighted by atomic mass is 9.71. The fourth-order valence-corrected chi connectivity index (χ4v) is 27.5. The Morgan fingerprint density at radius 2 is 1.81 bits per heavy atom. The van der Waals surface area contributed by atoms with Gasteiger partial charge in [-0.1, -0.05) is 56.0 Å². The molecule has 1 heterocycles. The Balaban J connectivity index is 1.88. The first-order valence-electron chi connectivity index (χ1n) is 10.2. The zero-order chi connectivity index (χ0) is 18.7. The number of benzene rings is 1. The average molecular weight is 382 g/mol. The molecule has 138 valence electrons. The highest BCUT2D eigenvalue weighted by Crippen LogP contribution is 2.85. The van der Waals surface area contributed by atoms with Crippen molar-refractivity contribution in [1.29, 1.82) is 0 Å². The molecule has 2 saturated carbocycles. The van der Waals surface area contributed by atoms with Crippen molar-refractivity contribution in [2.45, 2.75) is 68.9 Å². The number of amides is 1. The monoisotopic (exact) mass is 381 g/mol. The summed E-state index contributed by atoms with van der Waals surface area (Å²) in [7, 11) is -3.38. The molecule has 1 amide bonds. The van der Waals surface area contributed by atoms with Gasteiger partial charge in [-0.3, -0.25) is 4.79 Å². The molecule has 1 aromatic rings. The molecule has 3 fully saturated rings. The van der Waals surface area contributed by atoms with E-state index in [1.54, 1.807) is 0 Å². The number of primary amides is 1. The van der Waals surface area contributed by atoms with Crippen LogP contribution in [0.25, 0.3) is 6.08 Å². The minimum absolute atomic E-state index is 0.0458. The van der Waals surface area contributed by atoms with Gasteiger partial charge in [0.1, 0.15) is 0 Å². The van der Waals surface area contributed by atoms with Gasteiger partial charge in [0.25, 0.3) is 0 Å². The quantitative estimate of drug-likeness (QED) is 0.748. The molecule has 1 aromatic carbocycles. The van der Waals surface area contributed by atoms with Crippen molar-refractivity contribution in [2.75, 3.05) is 0 Å². The lowest BCUT2D eigenvalue weighted by Gasteiger charge is -2.78. The van der Waals surface area contributed by atoms with Gasteiger partial charge in [0.15, 0.2) is 0 Å². The summed E-state index contributed by atoms with van der Waals surface area (Å²) in [6.45, 7) is 12.5. The number of carbonyl (C=O) groups excluding carboxylic acids is 1. The molecule has 2 nitrogen and oxygen atoms in total. The molecule has 2 bridgehead atoms. The molecule has 4 aliphatic rings. The third-order valence-electron chi connectivity index (χ3n) is 9.68. The first kappa shape index (κ1) is 17.0. The number of hydrogen-bond donors (Lipinski definition) is 1. The minimum Gasteiger partial charge on any atom is -0.369 e. The topological polar surface area (TPSA) is 43.1 Å². The highest BCUT2D eigenvalue weighted by Gasteiger charge is 2.91. The molecular weight excluding hydrogens is 350 g/mol. The minimum atomic E-state index is -1.74. The summed E-state index contributed by atoms with van der Waals surface area (Å²) in [6.07, 6.45) is 7.24. The van der Waals surface area contributed by atoms with Crippen molar-refractivity contribution in [1.82, 2.24) is 0 Å². The largest absolute Gasteiger partial charge is 0.369 e. The second-order valence-corrected chi connectivity index (χ2v) is 26.1. The van der Waals surface area contributed by atoms with Crippen molar-refractivity contribution < 1.29 is 4.79 Å². The second-order valence-electron chi connectivity index (χ2n) is 10.5. The van der Waals surface area contributed by atoms with E-state index in [0.717, 1.165) is 6.42 Å². The first-order valence-corrected chi connectivity index (χ1v) is 17.2. The third-order valence-corrected chi connectivity index (χ3v) is 30.9. The maximum atomic E-state index is 13.3. The number of fused-ring (bicyclic) bond motifs is 6. The Morgan fingerprint density at radius 1 is 1.12 bits per heavy atom. The van der Waals surface area contributed by atoms with E-state index in [-0.39, 0.29) is 16.0 Å². The predicted octanol–water partition coefficient (Wildman–Crippen LogP) is 4.59. The molecule has 0 spiro atoms. The molecule has 3 aliphatic carbocycles. The van der Waals surface area contributed by atoms with Crippen LogP contribution in [0.1, 0.15) is 42.9 Å². The zero-order valence-electron chi connectivity index (χ0n) is 16.8. The van der Waals surface area contributed by atoms with E-state index in [9.17, 15) is 4.79 Å². The van der Waals surface area contributed by atoms with Gasteiger partial charge in [0.05, 0.1) is 20.2 Å². The first-order chi connectivity index (χ1) is 12.1.